The Kier molecular flexibility index (Phi) is 8.79. The largest absolute Gasteiger partial charge is 0.497 e. The molecule has 0 unspecified atom stereocenters. The van der Waals surface area contributed by atoms with Crippen molar-refractivity contribution in [1.29, 1.82) is 0 Å². The fourth-order valence-electron chi connectivity index (χ4n) is 4.40. The van der Waals surface area contributed by atoms with Crippen LogP contribution in [0.5, 0.6) is 17.2 Å². The second kappa shape index (κ2) is 11.8. The van der Waals surface area contributed by atoms with Gasteiger partial charge in [0.05, 0.1) is 31.9 Å². The third-order valence-corrected chi connectivity index (χ3v) is 6.22. The molecule has 3 atom stereocenters. The molecule has 2 aromatic rings. The molecule has 188 valence electrons. The summed E-state index contributed by atoms with van der Waals surface area (Å²) in [6.07, 6.45) is 5.18. The lowest BCUT2D eigenvalue weighted by Gasteiger charge is -2.32. The van der Waals surface area contributed by atoms with Crippen molar-refractivity contribution in [2.75, 3.05) is 21.3 Å². The maximum Gasteiger partial charge on any atom is 0.258 e. The highest BCUT2D eigenvalue weighted by molar-refractivity contribution is 5.99. The number of likely N-dealkylation sites (N-methyl/N-ethyl adjacent to an activating group) is 1. The summed E-state index contributed by atoms with van der Waals surface area (Å²) < 4.78 is 17.1. The number of nitrogens with zero attached hydrogens (tertiary/aromatic N) is 1. The summed E-state index contributed by atoms with van der Waals surface area (Å²) in [6, 6.07) is 11.7. The molecule has 2 amide bonds. The van der Waals surface area contributed by atoms with E-state index < -0.39 is 6.04 Å². The van der Waals surface area contributed by atoms with Crippen LogP contribution in [-0.4, -0.2) is 50.1 Å². The van der Waals surface area contributed by atoms with Gasteiger partial charge in [0.25, 0.3) is 5.91 Å². The monoisotopic (exact) mass is 480 g/mol. The lowest BCUT2D eigenvalue weighted by atomic mass is 9.97. The van der Waals surface area contributed by atoms with E-state index >= 15 is 0 Å². The summed E-state index contributed by atoms with van der Waals surface area (Å²) in [5.74, 6) is 1.22. The molecule has 7 heteroatoms. The number of methoxy groups -OCH3 is 2. The molecule has 7 nitrogen and oxygen atoms in total. The number of fused-ring (bicyclic) bond motifs is 1. The Hall–Kier alpha value is -3.48. The van der Waals surface area contributed by atoms with Crippen molar-refractivity contribution in [2.45, 2.75) is 51.8 Å². The van der Waals surface area contributed by atoms with Gasteiger partial charge in [-0.3, -0.25) is 9.59 Å². The average Bonchev–Trinajstić information content (AvgIpc) is 2.84. The normalized spacial score (nSPS) is 22.5. The quantitative estimate of drug-likeness (QED) is 0.638. The Morgan fingerprint density at radius 2 is 1.74 bits per heavy atom. The summed E-state index contributed by atoms with van der Waals surface area (Å²) in [6.45, 7) is 5.85. The van der Waals surface area contributed by atoms with Gasteiger partial charge in [-0.25, -0.2) is 0 Å². The van der Waals surface area contributed by atoms with Crippen LogP contribution in [0.15, 0.2) is 54.6 Å². The van der Waals surface area contributed by atoms with E-state index in [1.807, 2.05) is 51.1 Å². The van der Waals surface area contributed by atoms with Crippen molar-refractivity contribution in [3.05, 3.63) is 65.7 Å². The van der Waals surface area contributed by atoms with Gasteiger partial charge in [-0.15, -0.1) is 0 Å². The van der Waals surface area contributed by atoms with Crippen molar-refractivity contribution in [3.63, 3.8) is 0 Å². The van der Waals surface area contributed by atoms with Crippen LogP contribution in [0.2, 0.25) is 0 Å². The Labute approximate surface area is 208 Å². The van der Waals surface area contributed by atoms with E-state index in [1.54, 1.807) is 45.5 Å². The van der Waals surface area contributed by atoms with Crippen molar-refractivity contribution in [1.82, 2.24) is 10.2 Å². The molecule has 0 aromatic heterocycles. The van der Waals surface area contributed by atoms with Crippen LogP contribution < -0.4 is 19.5 Å². The van der Waals surface area contributed by atoms with Gasteiger partial charge >= 0.3 is 0 Å². The van der Waals surface area contributed by atoms with Gasteiger partial charge in [0, 0.05) is 25.1 Å². The Balaban J connectivity index is 2.04. The minimum absolute atomic E-state index is 0.113. The molecule has 0 aliphatic carbocycles. The lowest BCUT2D eigenvalue weighted by molar-refractivity contribution is -0.127. The summed E-state index contributed by atoms with van der Waals surface area (Å²) in [5.41, 5.74) is 1.28. The smallest absolute Gasteiger partial charge is 0.258 e. The molecule has 0 saturated heterocycles. The fourth-order valence-corrected chi connectivity index (χ4v) is 4.40. The van der Waals surface area contributed by atoms with Crippen LogP contribution in [0, 0.1) is 5.92 Å². The number of hydrogen-bond acceptors (Lipinski definition) is 5. The number of hydrogen-bond donors (Lipinski definition) is 1. The number of para-hydroxylation sites is 1. The minimum atomic E-state index is -0.674. The number of benzene rings is 2. The van der Waals surface area contributed by atoms with Gasteiger partial charge in [-0.2, -0.15) is 0 Å². The molecule has 1 N–H and O–H groups in total. The predicted octanol–water partition coefficient (Wildman–Crippen LogP) is 4.78. The van der Waals surface area contributed by atoms with Gasteiger partial charge in [0.15, 0.2) is 0 Å². The molecule has 0 bridgehead atoms. The minimum Gasteiger partial charge on any atom is -0.497 e. The first kappa shape index (κ1) is 26.1. The molecule has 0 fully saturated rings. The van der Waals surface area contributed by atoms with Crippen LogP contribution in [-0.2, 0) is 4.79 Å². The molecule has 0 saturated carbocycles. The van der Waals surface area contributed by atoms with Crippen LogP contribution in [0.3, 0.4) is 0 Å². The maximum absolute atomic E-state index is 13.6. The predicted molar refractivity (Wildman–Crippen MR) is 136 cm³/mol. The standard InChI is InChI=1S/C28H36N2O5/c1-18(2)26-27(31)29-23(21-16-15-20(33-5)17-25(21)34-6)13-9-7-11-19(3)35-24-14-10-8-12-22(24)28(32)30(26)4/h7-10,12,14-19,23,26H,11,13H2,1-6H3,(H,29,31)/b9-7+/t19-,23+,26-/m0/s1. The van der Waals surface area contributed by atoms with Gasteiger partial charge in [-0.1, -0.05) is 38.1 Å². The van der Waals surface area contributed by atoms with Crippen molar-refractivity contribution >= 4 is 11.8 Å². The first-order chi connectivity index (χ1) is 16.8. The summed E-state index contributed by atoms with van der Waals surface area (Å²) in [5, 5.41) is 3.18. The summed E-state index contributed by atoms with van der Waals surface area (Å²) in [7, 11) is 4.86. The molecule has 35 heavy (non-hydrogen) atoms. The van der Waals surface area contributed by atoms with E-state index in [4.69, 9.17) is 14.2 Å². The van der Waals surface area contributed by atoms with Crippen molar-refractivity contribution < 1.29 is 23.8 Å². The lowest BCUT2D eigenvalue weighted by Crippen LogP contribution is -2.51. The van der Waals surface area contributed by atoms with Gasteiger partial charge in [0.1, 0.15) is 23.3 Å². The van der Waals surface area contributed by atoms with E-state index in [1.165, 1.54) is 4.90 Å². The molecular formula is C28H36N2O5. The van der Waals surface area contributed by atoms with Gasteiger partial charge < -0.3 is 24.4 Å². The van der Waals surface area contributed by atoms with Crippen LogP contribution in [0.1, 0.15) is 55.6 Å². The Bertz CT molecular complexity index is 1070. The number of amides is 2. The highest BCUT2D eigenvalue weighted by Crippen LogP contribution is 2.32. The molecule has 2 aromatic carbocycles. The summed E-state index contributed by atoms with van der Waals surface area (Å²) >= 11 is 0. The third-order valence-electron chi connectivity index (χ3n) is 6.22. The highest BCUT2D eigenvalue weighted by atomic mass is 16.5. The Morgan fingerprint density at radius 1 is 1.03 bits per heavy atom. The topological polar surface area (TPSA) is 77.1 Å². The van der Waals surface area contributed by atoms with E-state index in [9.17, 15) is 9.59 Å². The third kappa shape index (κ3) is 6.15. The van der Waals surface area contributed by atoms with Crippen LogP contribution in [0.4, 0.5) is 0 Å². The van der Waals surface area contributed by atoms with E-state index in [-0.39, 0.29) is 29.9 Å². The van der Waals surface area contributed by atoms with Gasteiger partial charge in [-0.05, 0) is 43.5 Å². The zero-order valence-corrected chi connectivity index (χ0v) is 21.4. The number of carbonyl (C=O) groups excluding carboxylic acids is 2. The van der Waals surface area contributed by atoms with E-state index in [0.29, 0.717) is 35.7 Å². The first-order valence-corrected chi connectivity index (χ1v) is 12.0. The van der Waals surface area contributed by atoms with Crippen LogP contribution in [0.25, 0.3) is 0 Å². The zero-order chi connectivity index (χ0) is 25.5. The average molecular weight is 481 g/mol. The SMILES string of the molecule is COc1ccc([C@H]2C/C=C/C[C@H](C)Oc3ccccc3C(=O)N(C)[C@@H](C(C)C)C(=O)N2)c(OC)c1. The Morgan fingerprint density at radius 3 is 2.43 bits per heavy atom. The van der Waals surface area contributed by atoms with E-state index in [2.05, 4.69) is 5.32 Å². The van der Waals surface area contributed by atoms with Crippen molar-refractivity contribution in [2.24, 2.45) is 5.92 Å². The number of rotatable bonds is 4. The highest BCUT2D eigenvalue weighted by Gasteiger charge is 2.33. The molecule has 1 heterocycles. The molecule has 1 aliphatic rings. The molecule has 0 radical (unpaired) electrons. The fraction of sp³-hybridized carbons (Fsp3) is 0.429. The zero-order valence-electron chi connectivity index (χ0n) is 21.4. The number of nitrogens with one attached hydrogen (secondary N) is 1. The second-order valence-electron chi connectivity index (χ2n) is 9.14. The van der Waals surface area contributed by atoms with Crippen LogP contribution >= 0.6 is 0 Å². The molecule has 1 aliphatic heterocycles. The van der Waals surface area contributed by atoms with Crippen molar-refractivity contribution in [3.8, 4) is 17.2 Å². The molecule has 0 spiro atoms. The molecule has 3 rings (SSSR count). The summed E-state index contributed by atoms with van der Waals surface area (Å²) in [4.78, 5) is 28.7. The van der Waals surface area contributed by atoms with E-state index in [0.717, 1.165) is 5.56 Å². The first-order valence-electron chi connectivity index (χ1n) is 12.0. The number of carbonyl (C=O) groups is 2. The second-order valence-corrected chi connectivity index (χ2v) is 9.14. The molecular weight excluding hydrogens is 444 g/mol. The number of ether oxygens (including phenoxy) is 3. The van der Waals surface area contributed by atoms with Gasteiger partial charge in [0.2, 0.25) is 5.91 Å². The maximum atomic E-state index is 13.6.